The van der Waals surface area contributed by atoms with Crippen LogP contribution in [0.4, 0.5) is 15.2 Å². The van der Waals surface area contributed by atoms with Gasteiger partial charge in [0.2, 0.25) is 11.8 Å². The van der Waals surface area contributed by atoms with Crippen LogP contribution in [0.5, 0.6) is 0 Å². The van der Waals surface area contributed by atoms with Crippen LogP contribution in [-0.4, -0.2) is 23.3 Å². The number of nitrogens with zero attached hydrogens (tertiary/aromatic N) is 2. The maximum Gasteiger partial charge on any atom is 0.231 e. The molecule has 7 heteroatoms. The summed E-state index contributed by atoms with van der Waals surface area (Å²) in [4.78, 5) is 30.4. The molecule has 2 heterocycles. The fraction of sp³-hybridized carbons (Fsp3) is 0.389. The summed E-state index contributed by atoms with van der Waals surface area (Å²) in [7, 11) is 0. The van der Waals surface area contributed by atoms with E-state index in [1.54, 1.807) is 19.1 Å². The second-order valence-electron chi connectivity index (χ2n) is 6.58. The smallest absolute Gasteiger partial charge is 0.231 e. The number of carbonyl (C=O) groups is 2. The first-order valence-electron chi connectivity index (χ1n) is 8.18. The molecule has 1 aliphatic heterocycles. The Morgan fingerprint density at radius 3 is 2.84 bits per heavy atom. The monoisotopic (exact) mass is 361 g/mol. The van der Waals surface area contributed by atoms with Gasteiger partial charge >= 0.3 is 0 Å². The number of amides is 2. The lowest BCUT2D eigenvalue weighted by molar-refractivity contribution is -0.122. The van der Waals surface area contributed by atoms with E-state index in [1.807, 2.05) is 19.2 Å². The number of hydrogen-bond donors (Lipinski definition) is 1. The molecular weight excluding hydrogens is 341 g/mol. The fourth-order valence-electron chi connectivity index (χ4n) is 2.76. The van der Waals surface area contributed by atoms with Crippen LogP contribution in [0, 0.1) is 18.7 Å². The Morgan fingerprint density at radius 2 is 2.20 bits per heavy atom. The minimum atomic E-state index is -0.514. The fourth-order valence-corrected chi connectivity index (χ4v) is 3.64. The highest BCUT2D eigenvalue weighted by Gasteiger charge is 2.36. The Bertz CT molecular complexity index is 818. The standard InChI is InChI=1S/C18H20FN3O2S/c1-10(2)14-9-25-18(20-14)21-17(24)12-7-16(23)22(8-12)15-5-4-11(3)6-13(15)19/h4-6,9-10,12H,7-8H2,1-3H3,(H,20,21,24). The van der Waals surface area contributed by atoms with Crippen molar-refractivity contribution in [3.05, 3.63) is 40.7 Å². The van der Waals surface area contributed by atoms with Gasteiger partial charge in [0.1, 0.15) is 5.82 Å². The molecule has 0 saturated carbocycles. The van der Waals surface area contributed by atoms with Crippen LogP contribution in [0.15, 0.2) is 23.6 Å². The minimum Gasteiger partial charge on any atom is -0.309 e. The number of halogens is 1. The van der Waals surface area contributed by atoms with E-state index in [9.17, 15) is 14.0 Å². The predicted octanol–water partition coefficient (Wildman–Crippen LogP) is 3.71. The Morgan fingerprint density at radius 1 is 1.44 bits per heavy atom. The Kier molecular flexibility index (Phi) is 4.85. The van der Waals surface area contributed by atoms with Gasteiger partial charge in [-0.2, -0.15) is 0 Å². The summed E-state index contributed by atoms with van der Waals surface area (Å²) in [5.41, 5.74) is 1.93. The molecule has 1 aromatic carbocycles. The lowest BCUT2D eigenvalue weighted by atomic mass is 10.1. The van der Waals surface area contributed by atoms with Gasteiger partial charge in [-0.25, -0.2) is 9.37 Å². The van der Waals surface area contributed by atoms with Crippen LogP contribution < -0.4 is 10.2 Å². The number of rotatable bonds is 4. The summed E-state index contributed by atoms with van der Waals surface area (Å²) in [5.74, 6) is -1.18. The zero-order valence-electron chi connectivity index (χ0n) is 14.4. The van der Waals surface area contributed by atoms with Crippen molar-refractivity contribution in [2.75, 3.05) is 16.8 Å². The molecule has 1 aromatic heterocycles. The maximum absolute atomic E-state index is 14.1. The second-order valence-corrected chi connectivity index (χ2v) is 7.44. The molecule has 1 fully saturated rings. The van der Waals surface area contributed by atoms with E-state index in [4.69, 9.17) is 0 Å². The number of carbonyl (C=O) groups excluding carboxylic acids is 2. The van der Waals surface area contributed by atoms with Gasteiger partial charge in [0.05, 0.1) is 17.3 Å². The van der Waals surface area contributed by atoms with Crippen molar-refractivity contribution in [2.45, 2.75) is 33.1 Å². The summed E-state index contributed by atoms with van der Waals surface area (Å²) in [6, 6.07) is 4.72. The minimum absolute atomic E-state index is 0.0710. The van der Waals surface area contributed by atoms with Gasteiger partial charge in [-0.3, -0.25) is 9.59 Å². The number of nitrogens with one attached hydrogen (secondary N) is 1. The van der Waals surface area contributed by atoms with Crippen LogP contribution in [0.1, 0.15) is 37.4 Å². The molecule has 0 spiro atoms. The summed E-state index contributed by atoms with van der Waals surface area (Å²) < 4.78 is 14.1. The van der Waals surface area contributed by atoms with Crippen molar-refractivity contribution >= 4 is 34.0 Å². The first-order chi connectivity index (χ1) is 11.8. The van der Waals surface area contributed by atoms with Gasteiger partial charge in [-0.05, 0) is 30.5 Å². The molecule has 1 saturated heterocycles. The summed E-state index contributed by atoms with van der Waals surface area (Å²) in [5, 5.41) is 5.21. The van der Waals surface area contributed by atoms with Gasteiger partial charge in [0.25, 0.3) is 0 Å². The second kappa shape index (κ2) is 6.92. The molecule has 25 heavy (non-hydrogen) atoms. The number of hydrogen-bond acceptors (Lipinski definition) is 4. The van der Waals surface area contributed by atoms with Crippen LogP contribution in [0.3, 0.4) is 0 Å². The zero-order chi connectivity index (χ0) is 18.1. The average Bonchev–Trinajstić information content (AvgIpc) is 3.14. The summed E-state index contributed by atoms with van der Waals surface area (Å²) in [6.45, 7) is 6.02. The molecule has 3 rings (SSSR count). The molecule has 1 unspecified atom stereocenters. The van der Waals surface area contributed by atoms with Crippen LogP contribution >= 0.6 is 11.3 Å². The molecule has 132 valence electrons. The van der Waals surface area contributed by atoms with Crippen molar-refractivity contribution in [1.82, 2.24) is 4.98 Å². The van der Waals surface area contributed by atoms with Crippen LogP contribution in [0.25, 0.3) is 0 Å². The largest absolute Gasteiger partial charge is 0.309 e. The lowest BCUT2D eigenvalue weighted by Crippen LogP contribution is -2.28. The van der Waals surface area contributed by atoms with E-state index in [0.717, 1.165) is 11.3 Å². The van der Waals surface area contributed by atoms with Gasteiger partial charge in [0, 0.05) is 18.3 Å². The molecule has 2 amide bonds. The molecule has 0 aliphatic carbocycles. The van der Waals surface area contributed by atoms with E-state index in [0.29, 0.717) is 5.13 Å². The van der Waals surface area contributed by atoms with Crippen molar-refractivity contribution in [1.29, 1.82) is 0 Å². The van der Waals surface area contributed by atoms with Crippen molar-refractivity contribution < 1.29 is 14.0 Å². The van der Waals surface area contributed by atoms with E-state index in [-0.39, 0.29) is 36.4 Å². The first kappa shape index (κ1) is 17.5. The molecule has 1 atom stereocenters. The molecule has 2 aromatic rings. The lowest BCUT2D eigenvalue weighted by Gasteiger charge is -2.17. The average molecular weight is 361 g/mol. The van der Waals surface area contributed by atoms with E-state index < -0.39 is 11.7 Å². The highest BCUT2D eigenvalue weighted by atomic mass is 32.1. The van der Waals surface area contributed by atoms with Crippen molar-refractivity contribution in [3.8, 4) is 0 Å². The molecule has 0 bridgehead atoms. The maximum atomic E-state index is 14.1. The molecule has 1 N–H and O–H groups in total. The summed E-state index contributed by atoms with van der Waals surface area (Å²) in [6.07, 6.45) is 0.0710. The third kappa shape index (κ3) is 3.71. The Balaban J connectivity index is 1.69. The molecule has 0 radical (unpaired) electrons. The highest BCUT2D eigenvalue weighted by Crippen LogP contribution is 2.29. The number of thiazole rings is 1. The van der Waals surface area contributed by atoms with Crippen LogP contribution in [0.2, 0.25) is 0 Å². The molecular formula is C18H20FN3O2S. The number of benzene rings is 1. The first-order valence-corrected chi connectivity index (χ1v) is 9.06. The van der Waals surface area contributed by atoms with E-state index >= 15 is 0 Å². The van der Waals surface area contributed by atoms with Gasteiger partial charge < -0.3 is 10.2 Å². The number of anilines is 2. The van der Waals surface area contributed by atoms with Crippen molar-refractivity contribution in [3.63, 3.8) is 0 Å². The predicted molar refractivity (Wildman–Crippen MR) is 96.4 cm³/mol. The van der Waals surface area contributed by atoms with E-state index in [1.165, 1.54) is 22.3 Å². The number of aromatic nitrogens is 1. The third-order valence-corrected chi connectivity index (χ3v) is 5.01. The van der Waals surface area contributed by atoms with Gasteiger partial charge in [-0.1, -0.05) is 19.9 Å². The Labute approximate surface area is 149 Å². The molecule has 1 aliphatic rings. The highest BCUT2D eigenvalue weighted by molar-refractivity contribution is 7.13. The Hall–Kier alpha value is -2.28. The third-order valence-electron chi connectivity index (χ3n) is 4.23. The molecule has 5 nitrogen and oxygen atoms in total. The SMILES string of the molecule is Cc1ccc(N2CC(C(=O)Nc3nc(C(C)C)cs3)CC2=O)c(F)c1. The van der Waals surface area contributed by atoms with Crippen LogP contribution in [-0.2, 0) is 9.59 Å². The van der Waals surface area contributed by atoms with Gasteiger partial charge in [-0.15, -0.1) is 11.3 Å². The van der Waals surface area contributed by atoms with E-state index in [2.05, 4.69) is 10.3 Å². The van der Waals surface area contributed by atoms with Crippen molar-refractivity contribution in [2.24, 2.45) is 5.92 Å². The zero-order valence-corrected chi connectivity index (χ0v) is 15.2. The number of aryl methyl sites for hydroxylation is 1. The van der Waals surface area contributed by atoms with Gasteiger partial charge in [0.15, 0.2) is 5.13 Å². The topological polar surface area (TPSA) is 62.3 Å². The quantitative estimate of drug-likeness (QED) is 0.903. The normalized spacial score (nSPS) is 17.4. The summed E-state index contributed by atoms with van der Waals surface area (Å²) >= 11 is 1.37.